The van der Waals surface area contributed by atoms with Crippen LogP contribution in [0.4, 0.5) is 0 Å². The average molecular weight is 449 g/mol. The van der Waals surface area contributed by atoms with Gasteiger partial charge in [-0.1, -0.05) is 108 Å². The maximum absolute atomic E-state index is 12.8. The molecule has 2 heteroatoms. The van der Waals surface area contributed by atoms with E-state index in [0.29, 0.717) is 11.7 Å². The molecule has 2 nitrogen and oxygen atoms in total. The molecule has 0 aromatic heterocycles. The molecule has 2 atom stereocenters. The van der Waals surface area contributed by atoms with Crippen molar-refractivity contribution >= 4 is 5.78 Å². The first kappa shape index (κ1) is 25.5. The van der Waals surface area contributed by atoms with Gasteiger partial charge in [-0.3, -0.25) is 4.79 Å². The summed E-state index contributed by atoms with van der Waals surface area (Å²) in [5.74, 6) is 2.10. The van der Waals surface area contributed by atoms with Gasteiger partial charge < -0.3 is 4.74 Å². The Bertz CT molecular complexity index is 806. The van der Waals surface area contributed by atoms with E-state index < -0.39 is 0 Å². The molecule has 0 aliphatic heterocycles. The quantitative estimate of drug-likeness (QED) is 0.269. The van der Waals surface area contributed by atoms with Gasteiger partial charge in [-0.15, -0.1) is 0 Å². The predicted molar refractivity (Wildman–Crippen MR) is 140 cm³/mol. The lowest BCUT2D eigenvalue weighted by Gasteiger charge is -2.27. The first-order valence-electron chi connectivity index (χ1n) is 13.6. The number of unbranched alkanes of at least 4 members (excludes halogenated alkanes) is 7. The third-order valence-electron chi connectivity index (χ3n) is 7.23. The zero-order chi connectivity index (χ0) is 23.3. The molecule has 33 heavy (non-hydrogen) atoms. The number of ether oxygens (including phenoxy) is 1. The fourth-order valence-corrected chi connectivity index (χ4v) is 5.10. The molecule has 0 radical (unpaired) electrons. The molecule has 2 aromatic carbocycles. The molecule has 0 unspecified atom stereocenters. The Morgan fingerprint density at radius 3 is 2.00 bits per heavy atom. The van der Waals surface area contributed by atoms with Gasteiger partial charge in [-0.25, -0.2) is 0 Å². The number of carbonyl (C=O) groups excluding carboxylic acids is 1. The van der Waals surface area contributed by atoms with Crippen LogP contribution in [0.5, 0.6) is 5.75 Å². The highest BCUT2D eigenvalue weighted by Crippen LogP contribution is 2.36. The van der Waals surface area contributed by atoms with E-state index in [-0.39, 0.29) is 5.92 Å². The Balaban J connectivity index is 1.45. The maximum Gasteiger partial charge on any atom is 0.140 e. The molecule has 1 saturated carbocycles. The number of ketones is 1. The van der Waals surface area contributed by atoms with Crippen molar-refractivity contribution < 1.29 is 9.53 Å². The second kappa shape index (κ2) is 14.2. The molecule has 1 aliphatic carbocycles. The molecule has 2 aromatic rings. The van der Waals surface area contributed by atoms with Crippen LogP contribution in [0.25, 0.3) is 11.1 Å². The Morgan fingerprint density at radius 1 is 0.727 bits per heavy atom. The van der Waals surface area contributed by atoms with Gasteiger partial charge in [-0.2, -0.15) is 0 Å². The van der Waals surface area contributed by atoms with Crippen molar-refractivity contribution in [3.63, 3.8) is 0 Å². The molecule has 0 saturated heterocycles. The summed E-state index contributed by atoms with van der Waals surface area (Å²) in [5, 5.41) is 0. The molecule has 3 rings (SSSR count). The second-order valence-corrected chi connectivity index (χ2v) is 9.92. The van der Waals surface area contributed by atoms with Gasteiger partial charge in [0, 0.05) is 12.3 Å². The van der Waals surface area contributed by atoms with Gasteiger partial charge in [-0.05, 0) is 54.0 Å². The number of Topliss-reactive ketones (excluding diaryl/α,β-unsaturated/α-hetero) is 1. The summed E-state index contributed by atoms with van der Waals surface area (Å²) in [5.41, 5.74) is 3.58. The number of benzene rings is 2. The average Bonchev–Trinajstić information content (AvgIpc) is 2.84. The topological polar surface area (TPSA) is 26.3 Å². The predicted octanol–water partition coefficient (Wildman–Crippen LogP) is 9.13. The standard InChI is InChI=1S/C31H44O2/c1-3-5-7-8-9-11-23-33-29-20-18-27(19-21-29)26-14-16-28(17-15-26)30-22-13-25(24-31(30)32)12-10-6-4-2/h14-21,25,30H,3-13,22-24H2,1-2H3/t25-,30+/m0/s1. The van der Waals surface area contributed by atoms with Crippen LogP contribution in [0.3, 0.4) is 0 Å². The molecular formula is C31H44O2. The number of rotatable bonds is 14. The number of carbonyl (C=O) groups is 1. The highest BCUT2D eigenvalue weighted by Gasteiger charge is 2.29. The summed E-state index contributed by atoms with van der Waals surface area (Å²) >= 11 is 0. The number of hydrogen-bond donors (Lipinski definition) is 0. The van der Waals surface area contributed by atoms with Gasteiger partial charge >= 0.3 is 0 Å². The maximum atomic E-state index is 12.8. The molecule has 1 fully saturated rings. The van der Waals surface area contributed by atoms with Crippen molar-refractivity contribution in [2.75, 3.05) is 6.61 Å². The normalized spacial score (nSPS) is 18.4. The van der Waals surface area contributed by atoms with Gasteiger partial charge in [0.15, 0.2) is 0 Å². The Kier molecular flexibility index (Phi) is 11.0. The van der Waals surface area contributed by atoms with E-state index >= 15 is 0 Å². The van der Waals surface area contributed by atoms with E-state index in [1.807, 2.05) is 0 Å². The van der Waals surface area contributed by atoms with Gasteiger partial charge in [0.25, 0.3) is 0 Å². The molecule has 0 heterocycles. The summed E-state index contributed by atoms with van der Waals surface area (Å²) in [6.07, 6.45) is 15.7. The van der Waals surface area contributed by atoms with Crippen molar-refractivity contribution in [3.05, 3.63) is 54.1 Å². The summed E-state index contributed by atoms with van der Waals surface area (Å²) in [6, 6.07) is 17.1. The van der Waals surface area contributed by atoms with E-state index in [1.165, 1.54) is 80.9 Å². The smallest absolute Gasteiger partial charge is 0.140 e. The molecular weight excluding hydrogens is 404 g/mol. The molecule has 180 valence electrons. The highest BCUT2D eigenvalue weighted by molar-refractivity contribution is 5.86. The van der Waals surface area contributed by atoms with E-state index in [0.717, 1.165) is 31.6 Å². The van der Waals surface area contributed by atoms with E-state index in [4.69, 9.17) is 4.74 Å². The minimum absolute atomic E-state index is 0.0965. The van der Waals surface area contributed by atoms with Crippen LogP contribution < -0.4 is 4.74 Å². The third-order valence-corrected chi connectivity index (χ3v) is 7.23. The van der Waals surface area contributed by atoms with E-state index in [1.54, 1.807) is 0 Å². The SMILES string of the molecule is CCCCCCCCOc1ccc(-c2ccc([C@H]3CC[C@H](CCCCC)CC3=O)cc2)cc1. The Labute approximate surface area is 202 Å². The second-order valence-electron chi connectivity index (χ2n) is 9.92. The molecule has 0 amide bonds. The minimum Gasteiger partial charge on any atom is -0.494 e. The lowest BCUT2D eigenvalue weighted by Crippen LogP contribution is -2.23. The van der Waals surface area contributed by atoms with Crippen LogP contribution in [-0.4, -0.2) is 12.4 Å². The molecule has 0 bridgehead atoms. The van der Waals surface area contributed by atoms with Crippen molar-refractivity contribution in [2.24, 2.45) is 5.92 Å². The zero-order valence-electron chi connectivity index (χ0n) is 21.0. The van der Waals surface area contributed by atoms with Gasteiger partial charge in [0.2, 0.25) is 0 Å². The highest BCUT2D eigenvalue weighted by atomic mass is 16.5. The van der Waals surface area contributed by atoms with Crippen molar-refractivity contribution in [2.45, 2.75) is 103 Å². The monoisotopic (exact) mass is 448 g/mol. The molecule has 0 N–H and O–H groups in total. The lowest BCUT2D eigenvalue weighted by atomic mass is 9.76. The Morgan fingerprint density at radius 2 is 1.33 bits per heavy atom. The van der Waals surface area contributed by atoms with Crippen LogP contribution in [0.2, 0.25) is 0 Å². The fourth-order valence-electron chi connectivity index (χ4n) is 5.10. The number of hydrogen-bond acceptors (Lipinski definition) is 2. The van der Waals surface area contributed by atoms with E-state index in [9.17, 15) is 4.79 Å². The molecule has 0 spiro atoms. The van der Waals surface area contributed by atoms with Crippen LogP contribution in [-0.2, 0) is 4.79 Å². The van der Waals surface area contributed by atoms with Crippen LogP contribution in [0.15, 0.2) is 48.5 Å². The van der Waals surface area contributed by atoms with Crippen LogP contribution >= 0.6 is 0 Å². The summed E-state index contributed by atoms with van der Waals surface area (Å²) in [4.78, 5) is 12.8. The van der Waals surface area contributed by atoms with Crippen LogP contribution in [0.1, 0.15) is 109 Å². The minimum atomic E-state index is 0.0965. The third kappa shape index (κ3) is 8.32. The zero-order valence-corrected chi connectivity index (χ0v) is 21.0. The fraction of sp³-hybridized carbons (Fsp3) is 0.581. The summed E-state index contributed by atoms with van der Waals surface area (Å²) < 4.78 is 5.92. The van der Waals surface area contributed by atoms with Crippen molar-refractivity contribution in [1.82, 2.24) is 0 Å². The van der Waals surface area contributed by atoms with E-state index in [2.05, 4.69) is 62.4 Å². The lowest BCUT2D eigenvalue weighted by molar-refractivity contribution is -0.123. The summed E-state index contributed by atoms with van der Waals surface area (Å²) in [6.45, 7) is 5.29. The Hall–Kier alpha value is -2.09. The summed E-state index contributed by atoms with van der Waals surface area (Å²) in [7, 11) is 0. The largest absolute Gasteiger partial charge is 0.494 e. The molecule has 1 aliphatic rings. The first-order chi connectivity index (χ1) is 16.2. The van der Waals surface area contributed by atoms with Gasteiger partial charge in [0.05, 0.1) is 6.61 Å². The van der Waals surface area contributed by atoms with Crippen LogP contribution in [0, 0.1) is 5.92 Å². The van der Waals surface area contributed by atoms with Crippen molar-refractivity contribution in [3.8, 4) is 16.9 Å². The first-order valence-corrected chi connectivity index (χ1v) is 13.6. The van der Waals surface area contributed by atoms with Crippen molar-refractivity contribution in [1.29, 1.82) is 0 Å². The van der Waals surface area contributed by atoms with Gasteiger partial charge in [0.1, 0.15) is 11.5 Å².